The molecule has 1 N–H and O–H groups in total. The van der Waals surface area contributed by atoms with E-state index in [1.807, 2.05) is 12.1 Å². The second-order valence-electron chi connectivity index (χ2n) is 4.61. The molecule has 1 aliphatic heterocycles. The first kappa shape index (κ1) is 12.1. The van der Waals surface area contributed by atoms with Crippen LogP contribution in [0.5, 0.6) is 0 Å². The third-order valence-electron chi connectivity index (χ3n) is 3.40. The molecular formula is C13H12N2O3S. The summed E-state index contributed by atoms with van der Waals surface area (Å²) in [5.41, 5.74) is 3.23. The number of amides is 1. The number of nitrogens with zero attached hydrogens (tertiary/aromatic N) is 2. The molecule has 0 saturated carbocycles. The summed E-state index contributed by atoms with van der Waals surface area (Å²) in [6.07, 6.45) is 0.532. The molecular weight excluding hydrogens is 264 g/mol. The lowest BCUT2D eigenvalue weighted by Crippen LogP contribution is -2.29. The highest BCUT2D eigenvalue weighted by Crippen LogP contribution is 2.23. The van der Waals surface area contributed by atoms with Gasteiger partial charge in [-0.05, 0) is 24.6 Å². The molecule has 1 atom stereocenters. The topological polar surface area (TPSA) is 70.5 Å². The van der Waals surface area contributed by atoms with Gasteiger partial charge in [-0.3, -0.25) is 9.59 Å². The van der Waals surface area contributed by atoms with Gasteiger partial charge in [-0.15, -0.1) is 11.3 Å². The Balaban J connectivity index is 1.82. The number of fused-ring (bicyclic) bond motifs is 1. The fourth-order valence-corrected chi connectivity index (χ4v) is 3.03. The highest BCUT2D eigenvalue weighted by atomic mass is 32.1. The molecule has 3 rings (SSSR count). The van der Waals surface area contributed by atoms with Crippen molar-refractivity contribution in [3.63, 3.8) is 0 Å². The van der Waals surface area contributed by atoms with Gasteiger partial charge in [-0.25, -0.2) is 4.98 Å². The van der Waals surface area contributed by atoms with Crippen LogP contribution in [0.4, 0.5) is 0 Å². The van der Waals surface area contributed by atoms with Crippen LogP contribution in [0.25, 0.3) is 10.2 Å². The van der Waals surface area contributed by atoms with Crippen LogP contribution < -0.4 is 0 Å². The van der Waals surface area contributed by atoms with Gasteiger partial charge in [0, 0.05) is 18.7 Å². The van der Waals surface area contributed by atoms with Crippen LogP contribution in [0, 0.1) is 5.92 Å². The van der Waals surface area contributed by atoms with E-state index in [1.54, 1.807) is 16.5 Å². The van der Waals surface area contributed by atoms with Crippen molar-refractivity contribution in [2.24, 2.45) is 5.92 Å². The number of hydrogen-bond donors (Lipinski definition) is 1. The maximum Gasteiger partial charge on any atom is 0.308 e. The monoisotopic (exact) mass is 276 g/mol. The van der Waals surface area contributed by atoms with Crippen molar-refractivity contribution in [3.05, 3.63) is 29.3 Å². The molecule has 1 amide bonds. The molecule has 98 valence electrons. The highest BCUT2D eigenvalue weighted by molar-refractivity contribution is 7.16. The fraction of sp³-hybridized carbons (Fsp3) is 0.308. The summed E-state index contributed by atoms with van der Waals surface area (Å²) < 4.78 is 0.972. The number of carbonyl (C=O) groups excluding carboxylic acids is 1. The molecule has 1 saturated heterocycles. The summed E-state index contributed by atoms with van der Waals surface area (Å²) in [6.45, 7) is 0.811. The lowest BCUT2D eigenvalue weighted by molar-refractivity contribution is -0.141. The molecule has 2 aromatic rings. The van der Waals surface area contributed by atoms with Crippen LogP contribution in [0.3, 0.4) is 0 Å². The summed E-state index contributed by atoms with van der Waals surface area (Å²) in [7, 11) is 0. The van der Waals surface area contributed by atoms with E-state index in [0.717, 1.165) is 10.2 Å². The number of likely N-dealkylation sites (tertiary alicyclic amines) is 1. The summed E-state index contributed by atoms with van der Waals surface area (Å²) in [4.78, 5) is 29.0. The van der Waals surface area contributed by atoms with E-state index in [0.29, 0.717) is 25.1 Å². The van der Waals surface area contributed by atoms with Gasteiger partial charge in [0.05, 0.1) is 21.6 Å². The van der Waals surface area contributed by atoms with Gasteiger partial charge in [-0.2, -0.15) is 0 Å². The molecule has 0 radical (unpaired) electrons. The minimum atomic E-state index is -0.826. The normalized spacial score (nSPS) is 18.9. The van der Waals surface area contributed by atoms with Crippen LogP contribution in [0.15, 0.2) is 23.7 Å². The van der Waals surface area contributed by atoms with Crippen molar-refractivity contribution < 1.29 is 14.7 Å². The zero-order valence-electron chi connectivity index (χ0n) is 10.1. The van der Waals surface area contributed by atoms with Gasteiger partial charge in [0.2, 0.25) is 0 Å². The average molecular weight is 276 g/mol. The number of carboxylic acid groups (broad SMARTS) is 1. The summed E-state index contributed by atoms with van der Waals surface area (Å²) in [5.74, 6) is -1.36. The lowest BCUT2D eigenvalue weighted by Gasteiger charge is -2.15. The van der Waals surface area contributed by atoms with E-state index >= 15 is 0 Å². The number of aromatic nitrogens is 1. The molecule has 5 nitrogen and oxygen atoms in total. The van der Waals surface area contributed by atoms with Crippen LogP contribution in [-0.4, -0.2) is 40.0 Å². The molecule has 1 aromatic carbocycles. The van der Waals surface area contributed by atoms with Crippen molar-refractivity contribution in [1.29, 1.82) is 0 Å². The zero-order chi connectivity index (χ0) is 13.4. The van der Waals surface area contributed by atoms with Gasteiger partial charge in [0.1, 0.15) is 0 Å². The van der Waals surface area contributed by atoms with Gasteiger partial charge >= 0.3 is 5.97 Å². The van der Waals surface area contributed by atoms with Crippen molar-refractivity contribution in [2.45, 2.75) is 6.42 Å². The Morgan fingerprint density at radius 2 is 2.26 bits per heavy atom. The van der Waals surface area contributed by atoms with Gasteiger partial charge in [0.15, 0.2) is 0 Å². The number of hydrogen-bond acceptors (Lipinski definition) is 4. The second-order valence-corrected chi connectivity index (χ2v) is 5.50. The lowest BCUT2D eigenvalue weighted by atomic mass is 10.1. The minimum absolute atomic E-state index is 0.0981. The highest BCUT2D eigenvalue weighted by Gasteiger charge is 2.31. The first-order valence-corrected chi connectivity index (χ1v) is 6.88. The van der Waals surface area contributed by atoms with E-state index in [1.165, 1.54) is 11.3 Å². The Morgan fingerprint density at radius 3 is 3.00 bits per heavy atom. The van der Waals surface area contributed by atoms with E-state index in [4.69, 9.17) is 5.11 Å². The Bertz CT molecular complexity index is 652. The smallest absolute Gasteiger partial charge is 0.308 e. The second kappa shape index (κ2) is 4.62. The first-order valence-electron chi connectivity index (χ1n) is 6.00. The summed E-state index contributed by atoms with van der Waals surface area (Å²) in [6, 6.07) is 5.39. The molecule has 0 aliphatic carbocycles. The van der Waals surface area contributed by atoms with E-state index in [9.17, 15) is 9.59 Å². The number of rotatable bonds is 2. The molecule has 0 spiro atoms. The quantitative estimate of drug-likeness (QED) is 0.908. The third kappa shape index (κ3) is 2.19. The third-order valence-corrected chi connectivity index (χ3v) is 4.19. The molecule has 2 heterocycles. The van der Waals surface area contributed by atoms with Crippen molar-refractivity contribution in [3.8, 4) is 0 Å². The predicted octanol–water partition coefficient (Wildman–Crippen LogP) is 1.84. The van der Waals surface area contributed by atoms with E-state index < -0.39 is 11.9 Å². The molecule has 1 fully saturated rings. The average Bonchev–Trinajstić information content (AvgIpc) is 3.06. The number of benzene rings is 1. The SMILES string of the molecule is O=C(O)[C@H]1CCN(C(=O)c2ccc3ncsc3c2)C1. The minimum Gasteiger partial charge on any atom is -0.481 e. The molecule has 6 heteroatoms. The van der Waals surface area contributed by atoms with Gasteiger partial charge < -0.3 is 10.0 Å². The summed E-state index contributed by atoms with van der Waals surface area (Å²) in [5, 5.41) is 8.95. The zero-order valence-corrected chi connectivity index (χ0v) is 10.9. The largest absolute Gasteiger partial charge is 0.481 e. The standard InChI is InChI=1S/C13H12N2O3S/c16-12(15-4-3-9(6-15)13(17)18)8-1-2-10-11(5-8)19-7-14-10/h1-2,5,7,9H,3-4,6H2,(H,17,18)/t9-/m0/s1. The Labute approximate surface area is 113 Å². The van der Waals surface area contributed by atoms with E-state index in [-0.39, 0.29) is 5.91 Å². The Kier molecular flexibility index (Phi) is 2.94. The van der Waals surface area contributed by atoms with Crippen LogP contribution >= 0.6 is 11.3 Å². The van der Waals surface area contributed by atoms with Crippen LogP contribution in [0.2, 0.25) is 0 Å². The molecule has 19 heavy (non-hydrogen) atoms. The van der Waals surface area contributed by atoms with Crippen LogP contribution in [0.1, 0.15) is 16.8 Å². The molecule has 0 bridgehead atoms. The number of thiazole rings is 1. The number of carbonyl (C=O) groups is 2. The molecule has 1 aliphatic rings. The fourth-order valence-electron chi connectivity index (χ4n) is 2.32. The number of aliphatic carboxylic acids is 1. The first-order chi connectivity index (χ1) is 9.15. The van der Waals surface area contributed by atoms with Gasteiger partial charge in [-0.1, -0.05) is 0 Å². The summed E-state index contributed by atoms with van der Waals surface area (Å²) >= 11 is 1.49. The predicted molar refractivity (Wildman–Crippen MR) is 71.3 cm³/mol. The molecule has 1 aromatic heterocycles. The number of carboxylic acids is 1. The molecule has 0 unspecified atom stereocenters. The maximum atomic E-state index is 12.3. The van der Waals surface area contributed by atoms with Crippen molar-refractivity contribution >= 4 is 33.4 Å². The van der Waals surface area contributed by atoms with Crippen molar-refractivity contribution in [2.75, 3.05) is 13.1 Å². The van der Waals surface area contributed by atoms with Crippen LogP contribution in [-0.2, 0) is 4.79 Å². The Morgan fingerprint density at radius 1 is 1.42 bits per heavy atom. The van der Waals surface area contributed by atoms with E-state index in [2.05, 4.69) is 4.98 Å². The van der Waals surface area contributed by atoms with Gasteiger partial charge in [0.25, 0.3) is 5.91 Å². The van der Waals surface area contributed by atoms with Crippen molar-refractivity contribution in [1.82, 2.24) is 9.88 Å². The Hall–Kier alpha value is -1.95. The maximum absolute atomic E-state index is 12.3.